The fourth-order valence-electron chi connectivity index (χ4n) is 4.25. The van der Waals surface area contributed by atoms with Crippen LogP contribution in [0.2, 0.25) is 5.02 Å². The van der Waals surface area contributed by atoms with Crippen LogP contribution in [0.15, 0.2) is 67.0 Å². The van der Waals surface area contributed by atoms with Crippen molar-refractivity contribution in [3.63, 3.8) is 0 Å². The van der Waals surface area contributed by atoms with Gasteiger partial charge in [-0.05, 0) is 54.1 Å². The first-order valence-corrected chi connectivity index (χ1v) is 11.3. The average Bonchev–Trinajstić information content (AvgIpc) is 3.33. The van der Waals surface area contributed by atoms with E-state index in [1.54, 1.807) is 0 Å². The molecule has 0 saturated carbocycles. The van der Waals surface area contributed by atoms with Crippen LogP contribution in [0.4, 0.5) is 0 Å². The van der Waals surface area contributed by atoms with Gasteiger partial charge in [-0.15, -0.1) is 0 Å². The number of pyridine rings is 1. The summed E-state index contributed by atoms with van der Waals surface area (Å²) in [6.45, 7) is 2.90. The first-order valence-electron chi connectivity index (χ1n) is 10.9. The van der Waals surface area contributed by atoms with Crippen LogP contribution in [-0.4, -0.2) is 33.2 Å². The van der Waals surface area contributed by atoms with Crippen molar-refractivity contribution in [3.05, 3.63) is 88.8 Å². The fourth-order valence-corrected chi connectivity index (χ4v) is 4.38. The number of hydrogen-bond donors (Lipinski definition) is 0. The molecule has 0 saturated heterocycles. The molecule has 0 unspecified atom stereocenters. The van der Waals surface area contributed by atoms with Crippen LogP contribution in [0.3, 0.4) is 0 Å². The summed E-state index contributed by atoms with van der Waals surface area (Å²) in [4.78, 5) is 16.5. The Morgan fingerprint density at radius 3 is 2.58 bits per heavy atom. The van der Waals surface area contributed by atoms with Gasteiger partial charge in [0.15, 0.2) is 17.3 Å². The lowest BCUT2D eigenvalue weighted by atomic mass is 10.1. The molecule has 0 aliphatic carbocycles. The van der Waals surface area contributed by atoms with Gasteiger partial charge in [-0.25, -0.2) is 9.97 Å². The van der Waals surface area contributed by atoms with Crippen molar-refractivity contribution in [2.24, 2.45) is 0 Å². The van der Waals surface area contributed by atoms with Crippen molar-refractivity contribution >= 4 is 11.6 Å². The Kier molecular flexibility index (Phi) is 5.17. The van der Waals surface area contributed by atoms with Crippen molar-refractivity contribution in [1.29, 1.82) is 0 Å². The van der Waals surface area contributed by atoms with E-state index in [-0.39, 0.29) is 6.79 Å². The molecule has 0 atom stereocenters. The van der Waals surface area contributed by atoms with Gasteiger partial charge in [0.2, 0.25) is 6.79 Å². The quantitative estimate of drug-likeness (QED) is 0.423. The molecule has 0 fully saturated rings. The molecule has 0 spiro atoms. The van der Waals surface area contributed by atoms with Crippen LogP contribution in [0.25, 0.3) is 22.6 Å². The topological polar surface area (TPSA) is 60.4 Å². The molecule has 2 aliphatic heterocycles. The number of halogens is 1. The Balaban J connectivity index is 1.13. The molecule has 0 bridgehead atoms. The van der Waals surface area contributed by atoms with Crippen molar-refractivity contribution in [3.8, 4) is 34.1 Å². The van der Waals surface area contributed by atoms with Crippen molar-refractivity contribution in [2.75, 3.05) is 13.3 Å². The SMILES string of the molecule is Clc1ccc(-c2ncc3c(n2)CCN(Cc2ccc(-c4ccc5c(c4)OCO5)nc2)C3)cc1. The summed E-state index contributed by atoms with van der Waals surface area (Å²) in [7, 11) is 0. The molecule has 33 heavy (non-hydrogen) atoms. The van der Waals surface area contributed by atoms with Gasteiger partial charge >= 0.3 is 0 Å². The van der Waals surface area contributed by atoms with Gasteiger partial charge in [0.05, 0.1) is 11.4 Å². The number of fused-ring (bicyclic) bond motifs is 2. The highest BCUT2D eigenvalue weighted by molar-refractivity contribution is 6.30. The minimum absolute atomic E-state index is 0.275. The Hall–Kier alpha value is -3.48. The third kappa shape index (κ3) is 4.15. The zero-order chi connectivity index (χ0) is 22.2. The number of benzene rings is 2. The highest BCUT2D eigenvalue weighted by atomic mass is 35.5. The molecule has 2 aromatic carbocycles. The summed E-state index contributed by atoms with van der Waals surface area (Å²) in [6, 6.07) is 17.8. The van der Waals surface area contributed by atoms with Crippen molar-refractivity contribution in [1.82, 2.24) is 19.9 Å². The van der Waals surface area contributed by atoms with Gasteiger partial charge < -0.3 is 9.47 Å². The summed E-state index contributed by atoms with van der Waals surface area (Å²) in [6.07, 6.45) is 4.82. The maximum absolute atomic E-state index is 6.00. The lowest BCUT2D eigenvalue weighted by Gasteiger charge is -2.28. The molecule has 2 aromatic heterocycles. The van der Waals surface area contributed by atoms with Gasteiger partial charge in [0.1, 0.15) is 0 Å². The first-order chi connectivity index (χ1) is 16.2. The predicted molar refractivity (Wildman–Crippen MR) is 126 cm³/mol. The molecule has 0 radical (unpaired) electrons. The van der Waals surface area contributed by atoms with E-state index < -0.39 is 0 Å². The van der Waals surface area contributed by atoms with Gasteiger partial charge in [0, 0.05) is 60.2 Å². The summed E-state index contributed by atoms with van der Waals surface area (Å²) in [5.74, 6) is 2.30. The van der Waals surface area contributed by atoms with Gasteiger partial charge in [-0.2, -0.15) is 0 Å². The van der Waals surface area contributed by atoms with Crippen molar-refractivity contribution in [2.45, 2.75) is 19.5 Å². The maximum Gasteiger partial charge on any atom is 0.231 e. The minimum atomic E-state index is 0.275. The van der Waals surface area contributed by atoms with E-state index in [0.717, 1.165) is 65.9 Å². The Bertz CT molecular complexity index is 1310. The fraction of sp³-hybridized carbons (Fsp3) is 0.192. The Labute approximate surface area is 196 Å². The zero-order valence-electron chi connectivity index (χ0n) is 17.9. The van der Waals surface area contributed by atoms with Crippen LogP contribution in [0.1, 0.15) is 16.8 Å². The third-order valence-electron chi connectivity index (χ3n) is 6.01. The Morgan fingerprint density at radius 1 is 0.879 bits per heavy atom. The average molecular weight is 457 g/mol. The van der Waals surface area contributed by atoms with E-state index in [2.05, 4.69) is 27.0 Å². The van der Waals surface area contributed by atoms with E-state index >= 15 is 0 Å². The second kappa shape index (κ2) is 8.46. The van der Waals surface area contributed by atoms with E-state index in [0.29, 0.717) is 5.02 Å². The molecule has 4 aromatic rings. The van der Waals surface area contributed by atoms with Crippen LogP contribution in [0, 0.1) is 0 Å². The predicted octanol–water partition coefficient (Wildman–Crippen LogP) is 5.15. The molecular weight excluding hydrogens is 436 g/mol. The second-order valence-electron chi connectivity index (χ2n) is 8.25. The highest BCUT2D eigenvalue weighted by Crippen LogP contribution is 2.35. The van der Waals surface area contributed by atoms with Crippen LogP contribution < -0.4 is 9.47 Å². The largest absolute Gasteiger partial charge is 0.454 e. The molecule has 6 rings (SSSR count). The minimum Gasteiger partial charge on any atom is -0.454 e. The third-order valence-corrected chi connectivity index (χ3v) is 6.27. The number of ether oxygens (including phenoxy) is 2. The van der Waals surface area contributed by atoms with Crippen LogP contribution in [0.5, 0.6) is 11.5 Å². The van der Waals surface area contributed by atoms with E-state index in [4.69, 9.17) is 26.1 Å². The molecule has 6 nitrogen and oxygen atoms in total. The number of hydrogen-bond acceptors (Lipinski definition) is 6. The lowest BCUT2D eigenvalue weighted by Crippen LogP contribution is -2.31. The summed E-state index contributed by atoms with van der Waals surface area (Å²) in [5.41, 5.74) is 6.42. The van der Waals surface area contributed by atoms with Crippen molar-refractivity contribution < 1.29 is 9.47 Å². The first kappa shape index (κ1) is 20.1. The van der Waals surface area contributed by atoms with E-state index in [1.165, 1.54) is 11.1 Å². The van der Waals surface area contributed by atoms with Crippen LogP contribution in [-0.2, 0) is 19.5 Å². The molecule has 0 amide bonds. The molecule has 2 aliphatic rings. The molecular formula is C26H21ClN4O2. The van der Waals surface area contributed by atoms with Crippen LogP contribution >= 0.6 is 11.6 Å². The van der Waals surface area contributed by atoms with E-state index in [1.807, 2.05) is 54.9 Å². The summed E-state index contributed by atoms with van der Waals surface area (Å²) in [5, 5.41) is 0.714. The highest BCUT2D eigenvalue weighted by Gasteiger charge is 2.19. The molecule has 164 valence electrons. The summed E-state index contributed by atoms with van der Waals surface area (Å²) >= 11 is 6.00. The zero-order valence-corrected chi connectivity index (χ0v) is 18.6. The lowest BCUT2D eigenvalue weighted by molar-refractivity contribution is 0.174. The van der Waals surface area contributed by atoms with Gasteiger partial charge in [-0.3, -0.25) is 9.88 Å². The van der Waals surface area contributed by atoms with E-state index in [9.17, 15) is 0 Å². The Morgan fingerprint density at radius 2 is 1.73 bits per heavy atom. The standard InChI is InChI=1S/C26H21ClN4O2/c27-21-5-2-18(3-6-21)26-29-13-20-15-31(10-9-23(20)30-26)14-17-1-7-22(28-12-17)19-4-8-24-25(11-19)33-16-32-24/h1-8,11-13H,9-10,14-16H2. The second-order valence-corrected chi connectivity index (χ2v) is 8.69. The summed E-state index contributed by atoms with van der Waals surface area (Å²) < 4.78 is 10.9. The maximum atomic E-state index is 6.00. The normalized spacial score (nSPS) is 14.8. The number of rotatable bonds is 4. The molecule has 0 N–H and O–H groups in total. The van der Waals surface area contributed by atoms with Gasteiger partial charge in [-0.1, -0.05) is 17.7 Å². The monoisotopic (exact) mass is 456 g/mol. The van der Waals surface area contributed by atoms with Gasteiger partial charge in [0.25, 0.3) is 0 Å². The number of nitrogens with zero attached hydrogens (tertiary/aromatic N) is 4. The molecule has 7 heteroatoms. The molecule has 4 heterocycles. The number of aromatic nitrogens is 3. The smallest absolute Gasteiger partial charge is 0.231 e.